The summed E-state index contributed by atoms with van der Waals surface area (Å²) in [6.45, 7) is 0. The number of sulfonamides is 1. The fourth-order valence-electron chi connectivity index (χ4n) is 1.52. The number of nitrogens with one attached hydrogen (secondary N) is 1. The van der Waals surface area contributed by atoms with E-state index in [0.717, 1.165) is 0 Å². The van der Waals surface area contributed by atoms with Gasteiger partial charge in [0, 0.05) is 28.3 Å². The molecule has 2 rings (SSSR count). The number of aromatic nitrogens is 2. The Morgan fingerprint density at radius 1 is 1.37 bits per heavy atom. The van der Waals surface area contributed by atoms with Gasteiger partial charge in [0.2, 0.25) is 0 Å². The third-order valence-corrected chi connectivity index (χ3v) is 5.08. The molecular weight excluding hydrogens is 400 g/mol. The molecule has 0 atom stereocenters. The highest BCUT2D eigenvalue weighted by molar-refractivity contribution is 9.11. The zero-order chi connectivity index (χ0) is 14.2. The van der Waals surface area contributed by atoms with E-state index in [2.05, 4.69) is 41.7 Å². The van der Waals surface area contributed by atoms with Crippen molar-refractivity contribution in [3.63, 3.8) is 0 Å². The Kier molecular flexibility index (Phi) is 3.88. The highest BCUT2D eigenvalue weighted by atomic mass is 79.9. The number of hydrogen-bond donors (Lipinski definition) is 2. The van der Waals surface area contributed by atoms with Crippen molar-refractivity contribution in [2.24, 2.45) is 7.05 Å². The van der Waals surface area contributed by atoms with Gasteiger partial charge in [0.05, 0.1) is 5.69 Å². The average molecular weight is 410 g/mol. The van der Waals surface area contributed by atoms with Crippen LogP contribution < -0.4 is 10.5 Å². The number of halogens is 2. The normalized spacial score (nSPS) is 11.5. The molecule has 0 fully saturated rings. The summed E-state index contributed by atoms with van der Waals surface area (Å²) >= 11 is 6.44. The molecule has 0 unspecified atom stereocenters. The predicted octanol–water partition coefficient (Wildman–Crippen LogP) is 2.33. The smallest absolute Gasteiger partial charge is 0.266 e. The van der Waals surface area contributed by atoms with Gasteiger partial charge in [0.1, 0.15) is 4.90 Å². The summed E-state index contributed by atoms with van der Waals surface area (Å²) in [6, 6.07) is 4.70. The molecule has 0 aliphatic rings. The Morgan fingerprint density at radius 3 is 2.58 bits per heavy atom. The zero-order valence-corrected chi connectivity index (χ0v) is 13.8. The summed E-state index contributed by atoms with van der Waals surface area (Å²) in [5.41, 5.74) is 5.91. The van der Waals surface area contributed by atoms with Crippen LogP contribution in [-0.4, -0.2) is 18.2 Å². The SMILES string of the molecule is Cn1ccc(NS(=O)(=O)c2c(N)cc(Br)cc2Br)n1. The van der Waals surface area contributed by atoms with Crippen molar-refractivity contribution >= 4 is 53.4 Å². The van der Waals surface area contributed by atoms with Gasteiger partial charge in [-0.3, -0.25) is 9.40 Å². The van der Waals surface area contributed by atoms with Crippen LogP contribution in [0.4, 0.5) is 11.5 Å². The first-order valence-corrected chi connectivity index (χ1v) is 8.13. The Bertz CT molecular complexity index is 704. The molecule has 1 aromatic carbocycles. The predicted molar refractivity (Wildman–Crippen MR) is 80.3 cm³/mol. The van der Waals surface area contributed by atoms with Crippen LogP contribution in [0.2, 0.25) is 0 Å². The fourth-order valence-corrected chi connectivity index (χ4v) is 4.59. The third-order valence-electron chi connectivity index (χ3n) is 2.26. The fraction of sp³-hybridized carbons (Fsp3) is 0.100. The Hall–Kier alpha value is -1.06. The van der Waals surface area contributed by atoms with E-state index < -0.39 is 10.0 Å². The zero-order valence-electron chi connectivity index (χ0n) is 9.76. The first-order valence-electron chi connectivity index (χ1n) is 5.06. The largest absolute Gasteiger partial charge is 0.398 e. The topological polar surface area (TPSA) is 90.0 Å². The number of anilines is 2. The number of hydrogen-bond acceptors (Lipinski definition) is 4. The van der Waals surface area contributed by atoms with Gasteiger partial charge in [-0.05, 0) is 28.1 Å². The third kappa shape index (κ3) is 3.10. The molecule has 0 bridgehead atoms. The van der Waals surface area contributed by atoms with Gasteiger partial charge in [-0.1, -0.05) is 15.9 Å². The van der Waals surface area contributed by atoms with Gasteiger partial charge in [-0.2, -0.15) is 5.10 Å². The van der Waals surface area contributed by atoms with Gasteiger partial charge in [-0.25, -0.2) is 8.42 Å². The lowest BCUT2D eigenvalue weighted by atomic mass is 10.3. The van der Waals surface area contributed by atoms with Crippen LogP contribution in [0.5, 0.6) is 0 Å². The molecule has 0 radical (unpaired) electrons. The molecule has 0 amide bonds. The van der Waals surface area contributed by atoms with E-state index in [9.17, 15) is 8.42 Å². The number of rotatable bonds is 3. The molecule has 6 nitrogen and oxygen atoms in total. The molecule has 0 saturated carbocycles. The first kappa shape index (κ1) is 14.4. The summed E-state index contributed by atoms with van der Waals surface area (Å²) in [5.74, 6) is 0.233. The number of nitrogens with two attached hydrogens (primary N) is 1. The van der Waals surface area contributed by atoms with Gasteiger partial charge in [0.15, 0.2) is 5.82 Å². The summed E-state index contributed by atoms with van der Waals surface area (Å²) in [4.78, 5) is -0.0126. The number of nitrogen functional groups attached to an aromatic ring is 1. The van der Waals surface area contributed by atoms with Gasteiger partial charge in [-0.15, -0.1) is 0 Å². The first-order chi connectivity index (χ1) is 8.79. The van der Waals surface area contributed by atoms with Gasteiger partial charge in [0.25, 0.3) is 10.0 Å². The molecular formula is C10H10Br2N4O2S. The molecule has 1 heterocycles. The maximum Gasteiger partial charge on any atom is 0.266 e. The Labute approximate surface area is 127 Å². The van der Waals surface area contributed by atoms with E-state index in [0.29, 0.717) is 8.95 Å². The van der Waals surface area contributed by atoms with Crippen LogP contribution in [0.1, 0.15) is 0 Å². The number of aryl methyl sites for hydroxylation is 1. The Balaban J connectivity index is 2.45. The monoisotopic (exact) mass is 408 g/mol. The summed E-state index contributed by atoms with van der Waals surface area (Å²) in [6.07, 6.45) is 1.64. The van der Waals surface area contributed by atoms with Crippen molar-refractivity contribution < 1.29 is 8.42 Å². The summed E-state index contributed by atoms with van der Waals surface area (Å²) < 4.78 is 29.5. The molecule has 2 aromatic rings. The number of benzene rings is 1. The minimum Gasteiger partial charge on any atom is -0.398 e. The van der Waals surface area contributed by atoms with Gasteiger partial charge < -0.3 is 5.73 Å². The molecule has 0 aliphatic heterocycles. The lowest BCUT2D eigenvalue weighted by molar-refractivity contribution is 0.600. The second-order valence-corrected chi connectivity index (χ2v) is 7.18. The number of nitrogens with zero attached hydrogens (tertiary/aromatic N) is 2. The van der Waals surface area contributed by atoms with Crippen LogP contribution in [0.15, 0.2) is 38.2 Å². The second kappa shape index (κ2) is 5.14. The molecule has 102 valence electrons. The molecule has 9 heteroatoms. The van der Waals surface area contributed by atoms with Crippen LogP contribution in [0, 0.1) is 0 Å². The summed E-state index contributed by atoms with van der Waals surface area (Å²) in [7, 11) is -2.10. The van der Waals surface area contributed by atoms with Crippen LogP contribution >= 0.6 is 31.9 Å². The summed E-state index contributed by atoms with van der Waals surface area (Å²) in [5, 5.41) is 3.96. The van der Waals surface area contributed by atoms with Crippen molar-refractivity contribution in [2.45, 2.75) is 4.90 Å². The molecule has 0 aliphatic carbocycles. The van der Waals surface area contributed by atoms with E-state index >= 15 is 0 Å². The van der Waals surface area contributed by atoms with Crippen LogP contribution in [0.25, 0.3) is 0 Å². The maximum absolute atomic E-state index is 12.3. The van der Waals surface area contributed by atoms with E-state index in [1.54, 1.807) is 25.4 Å². The Morgan fingerprint density at radius 2 is 2.05 bits per heavy atom. The minimum atomic E-state index is -3.80. The van der Waals surface area contributed by atoms with Crippen LogP contribution in [-0.2, 0) is 17.1 Å². The molecule has 0 saturated heterocycles. The standard InChI is InChI=1S/C10H10Br2N4O2S/c1-16-3-2-9(14-16)15-19(17,18)10-7(12)4-6(11)5-8(10)13/h2-5H,13H2,1H3,(H,14,15). The lowest BCUT2D eigenvalue weighted by Gasteiger charge is -2.10. The average Bonchev–Trinajstić information content (AvgIpc) is 2.60. The minimum absolute atomic E-state index is 0.0126. The van der Waals surface area contributed by atoms with Crippen molar-refractivity contribution in [3.8, 4) is 0 Å². The highest BCUT2D eigenvalue weighted by Gasteiger charge is 2.22. The van der Waals surface area contributed by atoms with Crippen LogP contribution in [0.3, 0.4) is 0 Å². The highest BCUT2D eigenvalue weighted by Crippen LogP contribution is 2.32. The molecule has 0 spiro atoms. The quantitative estimate of drug-likeness (QED) is 0.761. The van der Waals surface area contributed by atoms with Crippen molar-refractivity contribution in [3.05, 3.63) is 33.3 Å². The van der Waals surface area contributed by atoms with E-state index in [1.165, 1.54) is 10.7 Å². The van der Waals surface area contributed by atoms with Crippen molar-refractivity contribution in [1.29, 1.82) is 0 Å². The lowest BCUT2D eigenvalue weighted by Crippen LogP contribution is -2.16. The molecule has 19 heavy (non-hydrogen) atoms. The molecule has 1 aromatic heterocycles. The molecule has 3 N–H and O–H groups in total. The second-order valence-electron chi connectivity index (χ2n) is 3.79. The van der Waals surface area contributed by atoms with Gasteiger partial charge >= 0.3 is 0 Å². The maximum atomic E-state index is 12.3. The van der Waals surface area contributed by atoms with Crippen molar-refractivity contribution in [2.75, 3.05) is 10.5 Å². The van der Waals surface area contributed by atoms with E-state index in [-0.39, 0.29) is 16.4 Å². The van der Waals surface area contributed by atoms with E-state index in [4.69, 9.17) is 5.73 Å². The van der Waals surface area contributed by atoms with E-state index in [1.807, 2.05) is 0 Å². The van der Waals surface area contributed by atoms with Crippen molar-refractivity contribution in [1.82, 2.24) is 9.78 Å².